The van der Waals surface area contributed by atoms with Crippen LogP contribution in [0.3, 0.4) is 0 Å². The van der Waals surface area contributed by atoms with E-state index in [0.29, 0.717) is 96.4 Å². The Morgan fingerprint density at radius 1 is 0.720 bits per heavy atom. The molecule has 4 saturated carbocycles. The minimum Gasteiger partial charge on any atom is -0.457 e. The summed E-state index contributed by atoms with van der Waals surface area (Å²) in [5, 5.41) is 14.4. The summed E-state index contributed by atoms with van der Waals surface area (Å²) in [6.45, 7) is 31.8. The molecular weight excluding hydrogens is 1160 g/mol. The van der Waals surface area contributed by atoms with E-state index in [-0.39, 0.29) is 62.2 Å². The van der Waals surface area contributed by atoms with Gasteiger partial charge in [-0.2, -0.15) is 0 Å². The molecule has 9 aliphatic rings. The van der Waals surface area contributed by atoms with Gasteiger partial charge in [0.15, 0.2) is 5.78 Å². The molecule has 504 valence electrons. The number of ether oxygens (including phenoxy) is 6. The minimum atomic E-state index is -0.878. The Morgan fingerprint density at radius 2 is 1.37 bits per heavy atom. The number of ketones is 1. The Kier molecular flexibility index (Phi) is 18.9. The maximum Gasteiger partial charge on any atom is 0.255 e. The van der Waals surface area contributed by atoms with E-state index in [9.17, 15) is 19.5 Å². The molecule has 93 heavy (non-hydrogen) atoms. The molecule has 0 radical (unpaired) electrons. The summed E-state index contributed by atoms with van der Waals surface area (Å²) in [7, 11) is 2.16. The zero-order valence-electron chi connectivity index (χ0n) is 58.2. The van der Waals surface area contributed by atoms with Gasteiger partial charge < -0.3 is 53.5 Å². The van der Waals surface area contributed by atoms with Crippen LogP contribution in [-0.4, -0.2) is 133 Å². The highest BCUT2D eigenvalue weighted by Crippen LogP contribution is 2.75. The number of nitrogens with zero attached hydrogens (tertiary/aromatic N) is 3. The molecule has 3 heterocycles. The number of benzene rings is 3. The van der Waals surface area contributed by atoms with Crippen molar-refractivity contribution in [3.8, 4) is 5.75 Å². The highest BCUT2D eigenvalue weighted by Gasteiger charge is 2.70. The van der Waals surface area contributed by atoms with Crippen LogP contribution in [-0.2, 0) is 44.2 Å². The second kappa shape index (κ2) is 26.1. The minimum absolute atomic E-state index is 0.00712. The number of hydrogen-bond donors (Lipinski definition) is 2. The van der Waals surface area contributed by atoms with Crippen LogP contribution in [0, 0.1) is 50.2 Å². The van der Waals surface area contributed by atoms with Gasteiger partial charge in [0.1, 0.15) is 17.0 Å². The van der Waals surface area contributed by atoms with Crippen LogP contribution in [0.2, 0.25) is 0 Å². The van der Waals surface area contributed by atoms with E-state index >= 15 is 0 Å². The van der Waals surface area contributed by atoms with Crippen molar-refractivity contribution < 1.29 is 47.9 Å². The van der Waals surface area contributed by atoms with Gasteiger partial charge in [-0.3, -0.25) is 14.4 Å². The average molecular weight is 1270 g/mol. The first-order chi connectivity index (χ1) is 44.5. The first-order valence-corrected chi connectivity index (χ1v) is 35.5. The zero-order valence-corrected chi connectivity index (χ0v) is 58.2. The van der Waals surface area contributed by atoms with Gasteiger partial charge in [-0.15, -0.1) is 0 Å². The molecule has 3 aromatic rings. The van der Waals surface area contributed by atoms with Crippen molar-refractivity contribution in [2.75, 3.05) is 109 Å². The van der Waals surface area contributed by atoms with Crippen LogP contribution in [0.4, 0.5) is 11.4 Å². The van der Waals surface area contributed by atoms with Crippen LogP contribution in [0.5, 0.6) is 5.75 Å². The second-order valence-corrected chi connectivity index (χ2v) is 31.2. The fourth-order valence-electron chi connectivity index (χ4n) is 20.2. The highest BCUT2D eigenvalue weighted by molar-refractivity contribution is 6.02. The fraction of sp³-hybridized carbons (Fsp3) is 0.633. The van der Waals surface area contributed by atoms with Crippen molar-refractivity contribution in [3.05, 3.63) is 135 Å². The van der Waals surface area contributed by atoms with Crippen molar-refractivity contribution in [3.63, 3.8) is 0 Å². The molecular formula is C79H108N4O10. The summed E-state index contributed by atoms with van der Waals surface area (Å²) in [4.78, 5) is 50.6. The summed E-state index contributed by atoms with van der Waals surface area (Å²) in [5.74, 6) is 2.43. The van der Waals surface area contributed by atoms with Crippen molar-refractivity contribution in [1.29, 1.82) is 0 Å². The van der Waals surface area contributed by atoms with Gasteiger partial charge in [0, 0.05) is 89.8 Å². The van der Waals surface area contributed by atoms with Crippen LogP contribution < -0.4 is 19.9 Å². The Hall–Kier alpha value is -5.61. The zero-order chi connectivity index (χ0) is 65.9. The average Bonchev–Trinajstić information content (AvgIpc) is 1.08. The van der Waals surface area contributed by atoms with Crippen LogP contribution >= 0.6 is 0 Å². The molecule has 10 atom stereocenters. The van der Waals surface area contributed by atoms with Gasteiger partial charge in [0.05, 0.1) is 72.2 Å². The third-order valence-corrected chi connectivity index (χ3v) is 25.7. The SMILES string of the molecule is CCN(CC)c1ccc2c(c1)OC1=C(CCC/C1=C\C=C1N(C)c3ccccc3C1(C)C)C21c2ccccc2C(=O)N1CCOCCOCCOCCOCCOCCNC(=O)[C@@]1(C)CC[C@]2(C)CC[C@]3(C)C(=CC(=O)[C@@H]4[C@@]5(C)CC[C@H](O)C(C)(C)[C@@H]5CC[C@]43C)[C@@H]2C1. The lowest BCUT2D eigenvalue weighted by molar-refractivity contribution is -0.202. The molecule has 4 fully saturated rings. The van der Waals surface area contributed by atoms with Crippen LogP contribution in [0.15, 0.2) is 113 Å². The predicted molar refractivity (Wildman–Crippen MR) is 366 cm³/mol. The second-order valence-electron chi connectivity index (χ2n) is 31.2. The van der Waals surface area contributed by atoms with Gasteiger partial charge in [-0.05, 0) is 177 Å². The van der Waals surface area contributed by atoms with E-state index in [2.05, 4.69) is 176 Å². The number of carbonyl (C=O) groups is 3. The van der Waals surface area contributed by atoms with E-state index in [1.165, 1.54) is 22.5 Å². The molecule has 1 unspecified atom stereocenters. The third-order valence-electron chi connectivity index (χ3n) is 25.7. The molecule has 2 amide bonds. The summed E-state index contributed by atoms with van der Waals surface area (Å²) < 4.78 is 36.9. The van der Waals surface area contributed by atoms with E-state index in [4.69, 9.17) is 28.4 Å². The molecule has 0 saturated heterocycles. The number of amides is 2. The molecule has 1 spiro atoms. The summed E-state index contributed by atoms with van der Waals surface area (Å²) in [6.07, 6.45) is 17.3. The number of rotatable bonds is 23. The van der Waals surface area contributed by atoms with E-state index in [0.717, 1.165) is 130 Å². The maximum atomic E-state index is 14.9. The normalized spacial score (nSPS) is 32.8. The molecule has 0 aromatic heterocycles. The standard InChI is InChI=1S/C79H108N4O10/c1-13-82(14-2)54-27-28-58-64(50-54)93-68-53(26-29-66-72(3,4)57-23-17-18-25-62(57)81(66)12)20-19-24-59(68)79(58)56-22-16-15-21-55(56)70(86)83(79)39-41-89-43-45-91-47-49-92-48-46-90-44-42-88-40-38-80-71(87)75(8)35-34-74(7)36-37-77(10)60(61(74)52-75)51-63(84)69-76(9)32-31-67(85)73(5,6)65(76)30-33-78(69,77)11/h15-18,21-23,25-29,50-51,61,65,67,69,85H,13-14,19-20,24,30-49,52H2,1-12H3,(H,80,87)/b53-26+,66-29?/t61-,65-,67-,69+,74+,75-,76-,77+,78+,79?/m0/s1. The molecule has 3 aromatic carbocycles. The Bertz CT molecular complexity index is 3450. The summed E-state index contributed by atoms with van der Waals surface area (Å²) >= 11 is 0. The van der Waals surface area contributed by atoms with Gasteiger partial charge >= 0.3 is 0 Å². The predicted octanol–water partition coefficient (Wildman–Crippen LogP) is 13.8. The van der Waals surface area contributed by atoms with Crippen molar-refractivity contribution in [2.45, 2.75) is 170 Å². The van der Waals surface area contributed by atoms with Crippen molar-refractivity contribution in [2.24, 2.45) is 50.2 Å². The number of likely N-dealkylation sites (N-methyl/N-ethyl adjacent to an activating group) is 1. The van der Waals surface area contributed by atoms with E-state index in [1.807, 2.05) is 12.1 Å². The molecule has 14 heteroatoms. The van der Waals surface area contributed by atoms with E-state index < -0.39 is 11.0 Å². The molecule has 3 aliphatic heterocycles. The van der Waals surface area contributed by atoms with Gasteiger partial charge in [-0.1, -0.05) is 116 Å². The Morgan fingerprint density at radius 3 is 2.05 bits per heavy atom. The third kappa shape index (κ3) is 11.3. The lowest BCUT2D eigenvalue weighted by Gasteiger charge is -2.70. The number of nitrogens with one attached hydrogen (secondary N) is 1. The lowest BCUT2D eigenvalue weighted by atomic mass is 9.33. The summed E-state index contributed by atoms with van der Waals surface area (Å²) in [6, 6.07) is 23.4. The first kappa shape index (κ1) is 67.4. The smallest absolute Gasteiger partial charge is 0.255 e. The van der Waals surface area contributed by atoms with E-state index in [1.54, 1.807) is 0 Å². The summed E-state index contributed by atoms with van der Waals surface area (Å²) in [5.41, 5.74) is 8.93. The van der Waals surface area contributed by atoms with Crippen molar-refractivity contribution in [1.82, 2.24) is 10.2 Å². The lowest BCUT2D eigenvalue weighted by Crippen LogP contribution is -2.66. The largest absolute Gasteiger partial charge is 0.457 e. The van der Waals surface area contributed by atoms with Crippen LogP contribution in [0.1, 0.15) is 180 Å². The number of fused-ring (bicyclic) bond motifs is 13. The maximum absolute atomic E-state index is 14.9. The topological polar surface area (TPSA) is 149 Å². The molecule has 12 rings (SSSR count). The fourth-order valence-corrected chi connectivity index (χ4v) is 20.2. The molecule has 2 N–H and O–H groups in total. The first-order valence-electron chi connectivity index (χ1n) is 35.5. The van der Waals surface area contributed by atoms with Crippen molar-refractivity contribution >= 4 is 29.0 Å². The number of anilines is 2. The number of aliphatic hydroxyl groups is 1. The Labute approximate surface area is 555 Å². The monoisotopic (exact) mass is 1270 g/mol. The molecule has 14 nitrogen and oxygen atoms in total. The van der Waals surface area contributed by atoms with Crippen LogP contribution in [0.25, 0.3) is 0 Å². The van der Waals surface area contributed by atoms with Gasteiger partial charge in [0.2, 0.25) is 5.91 Å². The van der Waals surface area contributed by atoms with Gasteiger partial charge in [0.25, 0.3) is 5.91 Å². The number of hydrogen-bond acceptors (Lipinski definition) is 12. The quantitative estimate of drug-likeness (QED) is 0.0871. The molecule has 6 aliphatic carbocycles. The number of aliphatic hydroxyl groups excluding tert-OH is 1. The number of para-hydroxylation sites is 1. The Balaban J connectivity index is 0.580. The highest BCUT2D eigenvalue weighted by atomic mass is 16.6. The van der Waals surface area contributed by atoms with Gasteiger partial charge in [-0.25, -0.2) is 0 Å². The number of carbonyl (C=O) groups excluding carboxylic acids is 3. The molecule has 0 bridgehead atoms. The number of allylic oxidation sites excluding steroid dienone is 6.